The van der Waals surface area contributed by atoms with Gasteiger partial charge in [0.15, 0.2) is 0 Å². The van der Waals surface area contributed by atoms with Gasteiger partial charge in [-0.05, 0) is 63.8 Å². The van der Waals surface area contributed by atoms with Crippen LogP contribution in [0.5, 0.6) is 0 Å². The normalized spacial score (nSPS) is 14.7. The molecule has 6 heteroatoms. The summed E-state index contributed by atoms with van der Waals surface area (Å²) < 4.78 is 23.8. The number of esters is 1. The van der Waals surface area contributed by atoms with E-state index in [0.29, 0.717) is 32.5 Å². The number of carbonyl (C=O) groups is 2. The van der Waals surface area contributed by atoms with Crippen LogP contribution in [0, 0.1) is 5.82 Å². The van der Waals surface area contributed by atoms with Crippen LogP contribution in [0.3, 0.4) is 0 Å². The summed E-state index contributed by atoms with van der Waals surface area (Å²) in [6.07, 6.45) is 1.10. The van der Waals surface area contributed by atoms with Gasteiger partial charge in [-0.25, -0.2) is 9.18 Å². The highest BCUT2D eigenvalue weighted by Crippen LogP contribution is 2.30. The number of halogens is 1. The summed E-state index contributed by atoms with van der Waals surface area (Å²) in [5.74, 6) is -0.627. The summed E-state index contributed by atoms with van der Waals surface area (Å²) >= 11 is 0. The summed E-state index contributed by atoms with van der Waals surface area (Å²) in [6.45, 7) is 8.65. The lowest BCUT2D eigenvalue weighted by Gasteiger charge is -2.32. The number of ether oxygens (including phenoxy) is 2. The first-order chi connectivity index (χ1) is 12.7. The molecule has 1 saturated heterocycles. The average Bonchev–Trinajstić information content (AvgIpc) is 2.59. The average molecular weight is 377 g/mol. The zero-order valence-electron chi connectivity index (χ0n) is 16.5. The van der Waals surface area contributed by atoms with Gasteiger partial charge < -0.3 is 14.4 Å². The first kappa shape index (κ1) is 20.9. The van der Waals surface area contributed by atoms with Gasteiger partial charge in [-0.1, -0.05) is 17.7 Å². The Balaban J connectivity index is 2.17. The van der Waals surface area contributed by atoms with Crippen molar-refractivity contribution in [2.24, 2.45) is 0 Å². The molecule has 148 valence electrons. The molecule has 1 fully saturated rings. The predicted molar refractivity (Wildman–Crippen MR) is 102 cm³/mol. The van der Waals surface area contributed by atoms with Crippen molar-refractivity contribution in [3.05, 3.63) is 41.2 Å². The smallest absolute Gasteiger partial charge is 0.410 e. The van der Waals surface area contributed by atoms with Crippen molar-refractivity contribution in [1.82, 2.24) is 4.90 Å². The van der Waals surface area contributed by atoms with Gasteiger partial charge in [0.2, 0.25) is 0 Å². The number of amides is 1. The molecule has 1 aromatic carbocycles. The molecule has 5 nitrogen and oxygen atoms in total. The molecule has 27 heavy (non-hydrogen) atoms. The van der Waals surface area contributed by atoms with Crippen LogP contribution < -0.4 is 0 Å². The molecule has 0 unspecified atom stereocenters. The lowest BCUT2D eigenvalue weighted by atomic mass is 9.91. The van der Waals surface area contributed by atoms with Crippen LogP contribution in [-0.4, -0.2) is 42.3 Å². The van der Waals surface area contributed by atoms with Gasteiger partial charge in [0.1, 0.15) is 11.4 Å². The van der Waals surface area contributed by atoms with Gasteiger partial charge in [0, 0.05) is 13.1 Å². The lowest BCUT2D eigenvalue weighted by molar-refractivity contribution is -0.141. The number of nitrogens with zero attached hydrogens (tertiary/aromatic N) is 1. The van der Waals surface area contributed by atoms with Crippen molar-refractivity contribution in [3.63, 3.8) is 0 Å². The minimum atomic E-state index is -0.531. The van der Waals surface area contributed by atoms with E-state index in [2.05, 4.69) is 0 Å². The van der Waals surface area contributed by atoms with Crippen LogP contribution >= 0.6 is 0 Å². The van der Waals surface area contributed by atoms with E-state index in [4.69, 9.17) is 9.47 Å². The molecule has 1 aliphatic rings. The van der Waals surface area contributed by atoms with Crippen molar-refractivity contribution in [2.75, 3.05) is 19.7 Å². The number of piperidine rings is 1. The first-order valence-electron chi connectivity index (χ1n) is 9.30. The van der Waals surface area contributed by atoms with Crippen LogP contribution in [0.1, 0.15) is 52.5 Å². The third kappa shape index (κ3) is 6.38. The Morgan fingerprint density at radius 1 is 1.11 bits per heavy atom. The lowest BCUT2D eigenvalue weighted by Crippen LogP contribution is -2.40. The summed E-state index contributed by atoms with van der Waals surface area (Å²) in [4.78, 5) is 26.0. The maximum Gasteiger partial charge on any atom is 0.410 e. The van der Waals surface area contributed by atoms with Crippen LogP contribution in [0.2, 0.25) is 0 Å². The highest BCUT2D eigenvalue weighted by atomic mass is 19.1. The number of likely N-dealkylation sites (tertiary alicyclic amines) is 1. The zero-order valence-corrected chi connectivity index (χ0v) is 16.5. The number of carbonyl (C=O) groups excluding carboxylic acids is 2. The van der Waals surface area contributed by atoms with Crippen molar-refractivity contribution >= 4 is 17.6 Å². The second-order valence-corrected chi connectivity index (χ2v) is 7.54. The molecule has 0 aliphatic carbocycles. The molecule has 0 radical (unpaired) electrons. The molecular weight excluding hydrogens is 349 g/mol. The van der Waals surface area contributed by atoms with E-state index in [1.165, 1.54) is 12.1 Å². The number of rotatable bonds is 4. The molecule has 1 aromatic rings. The van der Waals surface area contributed by atoms with Crippen LogP contribution in [0.15, 0.2) is 29.8 Å². The SMILES string of the molecule is CCOC(=O)CC(=C1CCN(C(=O)OC(C)(C)C)CC1)c1ccc(F)cc1. The Kier molecular flexibility index (Phi) is 6.99. The molecule has 0 N–H and O–H groups in total. The predicted octanol–water partition coefficient (Wildman–Crippen LogP) is 4.56. The van der Waals surface area contributed by atoms with Crippen molar-refractivity contribution in [2.45, 2.75) is 52.6 Å². The van der Waals surface area contributed by atoms with Gasteiger partial charge in [0.25, 0.3) is 0 Å². The molecule has 1 heterocycles. The third-order valence-electron chi connectivity index (χ3n) is 4.26. The topological polar surface area (TPSA) is 55.8 Å². The monoisotopic (exact) mass is 377 g/mol. The van der Waals surface area contributed by atoms with Gasteiger partial charge >= 0.3 is 12.1 Å². The molecule has 0 aromatic heterocycles. The van der Waals surface area contributed by atoms with E-state index in [0.717, 1.165) is 16.7 Å². The molecule has 0 atom stereocenters. The molecule has 0 spiro atoms. The third-order valence-corrected chi connectivity index (χ3v) is 4.26. The van der Waals surface area contributed by atoms with Gasteiger partial charge in [-0.2, -0.15) is 0 Å². The highest BCUT2D eigenvalue weighted by molar-refractivity contribution is 5.86. The number of benzene rings is 1. The summed E-state index contributed by atoms with van der Waals surface area (Å²) in [5.41, 5.74) is 2.23. The molecule has 1 amide bonds. The molecule has 1 aliphatic heterocycles. The first-order valence-corrected chi connectivity index (χ1v) is 9.30. The second-order valence-electron chi connectivity index (χ2n) is 7.54. The van der Waals surface area contributed by atoms with Gasteiger partial charge in [-0.3, -0.25) is 4.79 Å². The van der Waals surface area contributed by atoms with E-state index >= 15 is 0 Å². The van der Waals surface area contributed by atoms with Crippen molar-refractivity contribution in [1.29, 1.82) is 0 Å². The van der Waals surface area contributed by atoms with E-state index in [9.17, 15) is 14.0 Å². The standard InChI is InChI=1S/C21H28FNO4/c1-5-26-19(24)14-18(15-6-8-17(22)9-7-15)16-10-12-23(13-11-16)20(25)27-21(2,3)4/h6-9H,5,10-14H2,1-4H3. The molecule has 0 bridgehead atoms. The fraction of sp³-hybridized carbons (Fsp3) is 0.524. The van der Waals surface area contributed by atoms with Crippen molar-refractivity contribution < 1.29 is 23.5 Å². The Hall–Kier alpha value is -2.37. The fourth-order valence-corrected chi connectivity index (χ4v) is 3.03. The second kappa shape index (κ2) is 9.02. The molecule has 0 saturated carbocycles. The Bertz CT molecular complexity index is 694. The number of hydrogen-bond donors (Lipinski definition) is 0. The largest absolute Gasteiger partial charge is 0.466 e. The number of hydrogen-bond acceptors (Lipinski definition) is 4. The Labute approximate surface area is 160 Å². The van der Waals surface area contributed by atoms with Gasteiger partial charge in [-0.15, -0.1) is 0 Å². The maximum absolute atomic E-state index is 13.3. The Morgan fingerprint density at radius 3 is 2.22 bits per heavy atom. The molecule has 2 rings (SSSR count). The fourth-order valence-electron chi connectivity index (χ4n) is 3.03. The van der Waals surface area contributed by atoms with Crippen molar-refractivity contribution in [3.8, 4) is 0 Å². The summed E-state index contributed by atoms with van der Waals surface area (Å²) in [6, 6.07) is 6.13. The highest BCUT2D eigenvalue weighted by Gasteiger charge is 2.26. The molecular formula is C21H28FNO4. The van der Waals surface area contributed by atoms with E-state index in [-0.39, 0.29) is 24.3 Å². The van der Waals surface area contributed by atoms with Crippen LogP contribution in [0.25, 0.3) is 5.57 Å². The van der Waals surface area contributed by atoms with Crippen LogP contribution in [-0.2, 0) is 14.3 Å². The minimum Gasteiger partial charge on any atom is -0.466 e. The van der Waals surface area contributed by atoms with Gasteiger partial charge in [0.05, 0.1) is 13.0 Å². The summed E-state index contributed by atoms with van der Waals surface area (Å²) in [7, 11) is 0. The quantitative estimate of drug-likeness (QED) is 0.722. The maximum atomic E-state index is 13.3. The van der Waals surface area contributed by atoms with E-state index in [1.54, 1.807) is 24.0 Å². The van der Waals surface area contributed by atoms with E-state index in [1.807, 2.05) is 20.8 Å². The Morgan fingerprint density at radius 2 is 1.70 bits per heavy atom. The summed E-state index contributed by atoms with van der Waals surface area (Å²) in [5, 5.41) is 0. The minimum absolute atomic E-state index is 0.140. The van der Waals surface area contributed by atoms with Crippen LogP contribution in [0.4, 0.5) is 9.18 Å². The zero-order chi connectivity index (χ0) is 20.0. The van der Waals surface area contributed by atoms with E-state index < -0.39 is 5.60 Å².